The predicted molar refractivity (Wildman–Crippen MR) is 145 cm³/mol. The molecule has 1 atom stereocenters. The molecule has 0 unspecified atom stereocenters. The Morgan fingerprint density at radius 2 is 2.08 bits per heavy atom. The highest BCUT2D eigenvalue weighted by atomic mass is 28.3. The van der Waals surface area contributed by atoms with Crippen LogP contribution < -0.4 is 5.32 Å². The van der Waals surface area contributed by atoms with E-state index in [0.717, 1.165) is 35.0 Å². The van der Waals surface area contributed by atoms with Gasteiger partial charge in [-0.25, -0.2) is 19.8 Å². The molecule has 3 aromatic rings. The van der Waals surface area contributed by atoms with Crippen LogP contribution in [0.3, 0.4) is 0 Å². The Morgan fingerprint density at radius 1 is 1.29 bits per heavy atom. The van der Waals surface area contributed by atoms with Gasteiger partial charge in [0, 0.05) is 58.6 Å². The van der Waals surface area contributed by atoms with E-state index in [0.29, 0.717) is 37.7 Å². The first-order chi connectivity index (χ1) is 18.1. The molecule has 2 N–H and O–H groups in total. The molecule has 12 nitrogen and oxygen atoms in total. The van der Waals surface area contributed by atoms with Crippen molar-refractivity contribution in [2.24, 2.45) is 0 Å². The van der Waals surface area contributed by atoms with Crippen molar-refractivity contribution in [2.75, 3.05) is 39.2 Å². The Kier molecular flexibility index (Phi) is 8.38. The number of piperidine rings is 1. The molecule has 1 aliphatic heterocycles. The molecular formula is C25H36N6O6Si. The zero-order valence-electron chi connectivity index (χ0n) is 22.6. The highest BCUT2D eigenvalue weighted by Gasteiger charge is 2.27. The molecule has 206 valence electrons. The maximum absolute atomic E-state index is 12.5. The second-order valence-electron chi connectivity index (χ2n) is 10.6. The fourth-order valence-corrected chi connectivity index (χ4v) is 5.07. The normalized spacial score (nSPS) is 16.1. The van der Waals surface area contributed by atoms with E-state index in [1.807, 2.05) is 16.8 Å². The number of rotatable bonds is 10. The number of nitrogens with zero attached hydrogens (tertiary/aromatic N) is 5. The number of amides is 2. The SMILES string of the molecule is CON(C)C(=O)c1cnc(-c2cnc3c(ccn3COCC[Si](C)(C)C)c2N[C@@H]2CCCN(C(=O)O)C2)o1. The van der Waals surface area contributed by atoms with Gasteiger partial charge in [-0.15, -0.1) is 0 Å². The Hall–Kier alpha value is -3.42. The van der Waals surface area contributed by atoms with Gasteiger partial charge in [0.1, 0.15) is 12.4 Å². The third kappa shape index (κ3) is 6.34. The van der Waals surface area contributed by atoms with Crippen molar-refractivity contribution < 1.29 is 28.7 Å². The second kappa shape index (κ2) is 11.5. The van der Waals surface area contributed by atoms with Gasteiger partial charge in [0.05, 0.1) is 24.6 Å². The standard InChI is InChI=1S/C25H36N6O6Si/c1-29(35-2)24(32)20-14-27-23(37-20)19-13-26-22-18(8-10-31(22)16-36-11-12-38(3,4)5)21(19)28-17-7-6-9-30(15-17)25(33)34/h8,10,13-14,17H,6-7,9,11-12,15-16H2,1-5H3,(H,26,28)(H,33,34)/t17-/m1/s1. The van der Waals surface area contributed by atoms with E-state index < -0.39 is 20.1 Å². The summed E-state index contributed by atoms with van der Waals surface area (Å²) < 4.78 is 13.7. The summed E-state index contributed by atoms with van der Waals surface area (Å²) in [7, 11) is 1.67. The van der Waals surface area contributed by atoms with Crippen LogP contribution in [0.1, 0.15) is 23.4 Å². The minimum absolute atomic E-state index is 0.0264. The number of pyridine rings is 1. The summed E-state index contributed by atoms with van der Waals surface area (Å²) in [6, 6.07) is 2.90. The molecule has 0 aromatic carbocycles. The lowest BCUT2D eigenvalue weighted by Crippen LogP contribution is -2.44. The number of oxazole rings is 1. The van der Waals surface area contributed by atoms with Crippen LogP contribution >= 0.6 is 0 Å². The number of aromatic nitrogens is 3. The van der Waals surface area contributed by atoms with E-state index in [1.54, 1.807) is 6.20 Å². The molecule has 38 heavy (non-hydrogen) atoms. The number of ether oxygens (including phenoxy) is 1. The Labute approximate surface area is 222 Å². The minimum atomic E-state index is -1.20. The molecule has 0 bridgehead atoms. The van der Waals surface area contributed by atoms with Gasteiger partial charge in [0.15, 0.2) is 0 Å². The summed E-state index contributed by atoms with van der Waals surface area (Å²) in [5, 5.41) is 14.9. The molecule has 2 amide bonds. The predicted octanol–water partition coefficient (Wildman–Crippen LogP) is 4.19. The fourth-order valence-electron chi connectivity index (χ4n) is 4.31. The average Bonchev–Trinajstić information content (AvgIpc) is 3.53. The van der Waals surface area contributed by atoms with Crippen LogP contribution in [0.4, 0.5) is 10.5 Å². The van der Waals surface area contributed by atoms with Crippen LogP contribution in [0, 0.1) is 0 Å². The van der Waals surface area contributed by atoms with Crippen LogP contribution in [0.25, 0.3) is 22.5 Å². The molecular weight excluding hydrogens is 508 g/mol. The number of carbonyl (C=O) groups is 2. The summed E-state index contributed by atoms with van der Waals surface area (Å²) in [4.78, 5) is 39.5. The zero-order valence-corrected chi connectivity index (χ0v) is 23.6. The topological polar surface area (TPSA) is 135 Å². The van der Waals surface area contributed by atoms with Crippen molar-refractivity contribution >= 4 is 36.8 Å². The van der Waals surface area contributed by atoms with Crippen molar-refractivity contribution in [1.29, 1.82) is 0 Å². The quantitative estimate of drug-likeness (QED) is 0.219. The van der Waals surface area contributed by atoms with Crippen LogP contribution in [-0.2, 0) is 16.3 Å². The van der Waals surface area contributed by atoms with Gasteiger partial charge in [-0.05, 0) is 25.0 Å². The first-order valence-corrected chi connectivity index (χ1v) is 16.4. The number of nitrogens with one attached hydrogen (secondary N) is 1. The van der Waals surface area contributed by atoms with Crippen molar-refractivity contribution in [3.05, 3.63) is 30.4 Å². The maximum Gasteiger partial charge on any atom is 0.407 e. The summed E-state index contributed by atoms with van der Waals surface area (Å²) in [5.41, 5.74) is 2.01. The van der Waals surface area contributed by atoms with Crippen molar-refractivity contribution in [3.8, 4) is 11.5 Å². The van der Waals surface area contributed by atoms with Gasteiger partial charge in [-0.3, -0.25) is 9.63 Å². The molecule has 1 fully saturated rings. The third-order valence-corrected chi connectivity index (χ3v) is 8.27. The highest BCUT2D eigenvalue weighted by molar-refractivity contribution is 6.76. The van der Waals surface area contributed by atoms with Crippen molar-refractivity contribution in [1.82, 2.24) is 24.5 Å². The lowest BCUT2D eigenvalue weighted by molar-refractivity contribution is -0.0773. The van der Waals surface area contributed by atoms with Gasteiger partial charge in [-0.2, -0.15) is 0 Å². The summed E-state index contributed by atoms with van der Waals surface area (Å²) >= 11 is 0. The molecule has 4 rings (SSSR count). The van der Waals surface area contributed by atoms with Crippen LogP contribution in [-0.4, -0.2) is 89.6 Å². The average molecular weight is 545 g/mol. The highest BCUT2D eigenvalue weighted by Crippen LogP contribution is 2.35. The van der Waals surface area contributed by atoms with Crippen LogP contribution in [0.5, 0.6) is 0 Å². The Balaban J connectivity index is 1.66. The number of carbonyl (C=O) groups excluding carboxylic acids is 1. The van der Waals surface area contributed by atoms with E-state index in [4.69, 9.17) is 14.0 Å². The molecule has 13 heteroatoms. The molecule has 0 saturated carbocycles. The van der Waals surface area contributed by atoms with E-state index in [9.17, 15) is 14.7 Å². The maximum atomic E-state index is 12.5. The lowest BCUT2D eigenvalue weighted by Gasteiger charge is -2.32. The lowest BCUT2D eigenvalue weighted by atomic mass is 10.0. The number of hydrogen-bond donors (Lipinski definition) is 2. The first-order valence-electron chi connectivity index (χ1n) is 12.7. The third-order valence-electron chi connectivity index (χ3n) is 6.56. The number of likely N-dealkylation sites (tertiary alicyclic amines) is 1. The molecule has 1 aliphatic rings. The number of fused-ring (bicyclic) bond motifs is 1. The van der Waals surface area contributed by atoms with Crippen molar-refractivity contribution in [3.63, 3.8) is 0 Å². The van der Waals surface area contributed by atoms with Gasteiger partial charge in [-0.1, -0.05) is 19.6 Å². The van der Waals surface area contributed by atoms with E-state index >= 15 is 0 Å². The van der Waals surface area contributed by atoms with Crippen molar-refractivity contribution in [2.45, 2.75) is 51.3 Å². The van der Waals surface area contributed by atoms with Gasteiger partial charge in [0.2, 0.25) is 11.7 Å². The summed E-state index contributed by atoms with van der Waals surface area (Å²) in [6.45, 7) is 8.87. The monoisotopic (exact) mass is 544 g/mol. The Bertz CT molecular complexity index is 1290. The molecule has 4 heterocycles. The van der Waals surface area contributed by atoms with E-state index in [1.165, 1.54) is 25.3 Å². The number of anilines is 1. The molecule has 0 radical (unpaired) electrons. The molecule has 1 saturated heterocycles. The van der Waals surface area contributed by atoms with Gasteiger partial charge in [0.25, 0.3) is 0 Å². The van der Waals surface area contributed by atoms with Gasteiger partial charge < -0.3 is 29.0 Å². The number of hydrogen-bond acceptors (Lipinski definition) is 8. The zero-order chi connectivity index (χ0) is 27.4. The van der Waals surface area contributed by atoms with E-state index in [2.05, 4.69) is 34.9 Å². The molecule has 3 aromatic heterocycles. The second-order valence-corrected chi connectivity index (χ2v) is 16.3. The van der Waals surface area contributed by atoms with Crippen LogP contribution in [0.2, 0.25) is 25.7 Å². The molecule has 0 spiro atoms. The number of hydroxylamine groups is 2. The minimum Gasteiger partial charge on any atom is -0.465 e. The fraction of sp³-hybridized carbons (Fsp3) is 0.520. The van der Waals surface area contributed by atoms with Crippen LogP contribution in [0.15, 0.2) is 29.1 Å². The van der Waals surface area contributed by atoms with E-state index in [-0.39, 0.29) is 17.7 Å². The summed E-state index contributed by atoms with van der Waals surface area (Å²) in [6.07, 6.45) is 5.55. The smallest absolute Gasteiger partial charge is 0.407 e. The number of carboxylic acid groups (broad SMARTS) is 1. The first kappa shape index (κ1) is 27.6. The molecule has 0 aliphatic carbocycles. The largest absolute Gasteiger partial charge is 0.465 e. The van der Waals surface area contributed by atoms with Gasteiger partial charge >= 0.3 is 12.0 Å². The Morgan fingerprint density at radius 3 is 2.79 bits per heavy atom. The summed E-state index contributed by atoms with van der Waals surface area (Å²) in [5.74, 6) is -0.223.